The highest BCUT2D eigenvalue weighted by molar-refractivity contribution is 5.55. The average Bonchev–Trinajstić information content (AvgIpc) is 2.80. The lowest BCUT2D eigenvalue weighted by Gasteiger charge is -2.04. The molecule has 0 aliphatic carbocycles. The Morgan fingerprint density at radius 1 is 1.53 bits per heavy atom. The van der Waals surface area contributed by atoms with Crippen LogP contribution in [0.2, 0.25) is 0 Å². The summed E-state index contributed by atoms with van der Waals surface area (Å²) in [5.41, 5.74) is 2.08. The van der Waals surface area contributed by atoms with Crippen LogP contribution in [0, 0.1) is 25.2 Å². The second-order valence-corrected chi connectivity index (χ2v) is 3.83. The van der Waals surface area contributed by atoms with E-state index in [1.807, 2.05) is 19.9 Å². The first-order valence-corrected chi connectivity index (χ1v) is 5.21. The van der Waals surface area contributed by atoms with Gasteiger partial charge in [0.05, 0.1) is 12.2 Å². The third-order valence-corrected chi connectivity index (χ3v) is 2.45. The van der Waals surface area contributed by atoms with E-state index in [9.17, 15) is 0 Å². The summed E-state index contributed by atoms with van der Waals surface area (Å²) >= 11 is 0. The van der Waals surface area contributed by atoms with Crippen molar-refractivity contribution in [2.45, 2.75) is 20.4 Å². The van der Waals surface area contributed by atoms with Crippen molar-refractivity contribution in [2.24, 2.45) is 7.05 Å². The Morgan fingerprint density at radius 3 is 2.88 bits per heavy atom. The molecule has 6 nitrogen and oxygen atoms in total. The highest BCUT2D eigenvalue weighted by Gasteiger charge is 2.12. The second-order valence-electron chi connectivity index (χ2n) is 3.83. The summed E-state index contributed by atoms with van der Waals surface area (Å²) in [6.07, 6.45) is 0. The first-order chi connectivity index (χ1) is 8.11. The molecule has 2 aromatic rings. The van der Waals surface area contributed by atoms with Crippen LogP contribution in [0.3, 0.4) is 0 Å². The quantitative estimate of drug-likeness (QED) is 0.866. The van der Waals surface area contributed by atoms with Gasteiger partial charge in [0.15, 0.2) is 0 Å². The molecule has 0 atom stereocenters. The van der Waals surface area contributed by atoms with Crippen LogP contribution in [-0.2, 0) is 13.6 Å². The van der Waals surface area contributed by atoms with Gasteiger partial charge in [-0.1, -0.05) is 5.16 Å². The zero-order valence-electron chi connectivity index (χ0n) is 9.98. The number of aromatic nitrogens is 3. The normalized spacial score (nSPS) is 10.2. The standard InChI is InChI=1S/C11H13N5O/c1-7-4-9(15-17-7)6-13-11-10(5-12)8(2)14-16(11)3/h4,13H,6H2,1-3H3. The number of aryl methyl sites for hydroxylation is 3. The van der Waals surface area contributed by atoms with Crippen molar-refractivity contribution >= 4 is 5.82 Å². The van der Waals surface area contributed by atoms with E-state index in [0.29, 0.717) is 23.6 Å². The molecule has 0 saturated heterocycles. The first-order valence-electron chi connectivity index (χ1n) is 5.21. The molecule has 2 rings (SSSR count). The molecule has 17 heavy (non-hydrogen) atoms. The third-order valence-electron chi connectivity index (χ3n) is 2.45. The van der Waals surface area contributed by atoms with Gasteiger partial charge in [-0.05, 0) is 13.8 Å². The SMILES string of the molecule is Cc1cc(CNc2c(C#N)c(C)nn2C)no1. The fraction of sp³-hybridized carbons (Fsp3) is 0.364. The molecule has 0 unspecified atom stereocenters. The van der Waals surface area contributed by atoms with E-state index in [4.69, 9.17) is 9.78 Å². The number of nitriles is 1. The zero-order valence-corrected chi connectivity index (χ0v) is 9.98. The van der Waals surface area contributed by atoms with Crippen LogP contribution in [0.25, 0.3) is 0 Å². The van der Waals surface area contributed by atoms with Gasteiger partial charge in [0.2, 0.25) is 0 Å². The van der Waals surface area contributed by atoms with Crippen LogP contribution in [0.1, 0.15) is 22.7 Å². The van der Waals surface area contributed by atoms with Gasteiger partial charge in [-0.25, -0.2) is 0 Å². The number of hydrogen-bond donors (Lipinski definition) is 1. The summed E-state index contributed by atoms with van der Waals surface area (Å²) in [4.78, 5) is 0. The third kappa shape index (κ3) is 2.13. The van der Waals surface area contributed by atoms with Crippen LogP contribution in [-0.4, -0.2) is 14.9 Å². The number of nitrogens with zero attached hydrogens (tertiary/aromatic N) is 4. The lowest BCUT2D eigenvalue weighted by molar-refractivity contribution is 0.391. The van der Waals surface area contributed by atoms with Crippen LogP contribution in [0.15, 0.2) is 10.6 Å². The Kier molecular flexibility index (Phi) is 2.83. The van der Waals surface area contributed by atoms with Gasteiger partial charge in [0, 0.05) is 13.1 Å². The van der Waals surface area contributed by atoms with Crippen LogP contribution in [0.5, 0.6) is 0 Å². The summed E-state index contributed by atoms with van der Waals surface area (Å²) in [6.45, 7) is 4.15. The highest BCUT2D eigenvalue weighted by Crippen LogP contribution is 2.18. The van der Waals surface area contributed by atoms with E-state index in [1.165, 1.54) is 0 Å². The summed E-state index contributed by atoms with van der Waals surface area (Å²) in [6, 6.07) is 3.99. The molecule has 0 radical (unpaired) electrons. The van der Waals surface area contributed by atoms with Gasteiger partial charge < -0.3 is 9.84 Å². The minimum atomic E-state index is 0.505. The topological polar surface area (TPSA) is 79.7 Å². The largest absolute Gasteiger partial charge is 0.363 e. The van der Waals surface area contributed by atoms with Crippen molar-refractivity contribution in [3.8, 4) is 6.07 Å². The number of rotatable bonds is 3. The fourth-order valence-corrected chi connectivity index (χ4v) is 1.67. The van der Waals surface area contributed by atoms with Crippen LogP contribution >= 0.6 is 0 Å². The molecule has 0 spiro atoms. The summed E-state index contributed by atoms with van der Waals surface area (Å²) < 4.78 is 6.62. The molecule has 0 aliphatic heterocycles. The predicted octanol–water partition coefficient (Wildman–Crippen LogP) is 1.51. The highest BCUT2D eigenvalue weighted by atomic mass is 16.5. The van der Waals surface area contributed by atoms with E-state index >= 15 is 0 Å². The van der Waals surface area contributed by atoms with E-state index < -0.39 is 0 Å². The monoisotopic (exact) mass is 231 g/mol. The summed E-state index contributed by atoms with van der Waals surface area (Å²) in [7, 11) is 1.80. The molecule has 2 heterocycles. The van der Waals surface area contributed by atoms with Crippen molar-refractivity contribution in [3.63, 3.8) is 0 Å². The van der Waals surface area contributed by atoms with Gasteiger partial charge in [-0.2, -0.15) is 10.4 Å². The molecule has 6 heteroatoms. The number of hydrogen-bond acceptors (Lipinski definition) is 5. The molecule has 88 valence electrons. The molecule has 2 aromatic heterocycles. The summed E-state index contributed by atoms with van der Waals surface area (Å²) in [5.74, 6) is 1.47. The molecule has 0 bridgehead atoms. The molecule has 0 aliphatic rings. The van der Waals surface area contributed by atoms with Crippen LogP contribution in [0.4, 0.5) is 5.82 Å². The smallest absolute Gasteiger partial charge is 0.142 e. The molecule has 1 N–H and O–H groups in total. The van der Waals surface area contributed by atoms with Gasteiger partial charge in [0.1, 0.15) is 28.9 Å². The Hall–Kier alpha value is -2.29. The Morgan fingerprint density at radius 2 is 2.29 bits per heavy atom. The van der Waals surface area contributed by atoms with Crippen molar-refractivity contribution < 1.29 is 4.52 Å². The van der Waals surface area contributed by atoms with E-state index in [0.717, 1.165) is 11.5 Å². The van der Waals surface area contributed by atoms with Crippen molar-refractivity contribution in [1.82, 2.24) is 14.9 Å². The Bertz CT molecular complexity index is 575. The van der Waals surface area contributed by atoms with Crippen molar-refractivity contribution in [2.75, 3.05) is 5.32 Å². The maximum atomic E-state index is 9.04. The Labute approximate surface area is 98.8 Å². The van der Waals surface area contributed by atoms with Gasteiger partial charge in [-0.15, -0.1) is 0 Å². The molecular weight excluding hydrogens is 218 g/mol. The average molecular weight is 231 g/mol. The first kappa shape index (κ1) is 11.2. The minimum absolute atomic E-state index is 0.505. The van der Waals surface area contributed by atoms with E-state index in [1.54, 1.807) is 11.7 Å². The number of anilines is 1. The van der Waals surface area contributed by atoms with E-state index in [2.05, 4.69) is 21.6 Å². The number of nitrogens with one attached hydrogen (secondary N) is 1. The maximum Gasteiger partial charge on any atom is 0.142 e. The lowest BCUT2D eigenvalue weighted by atomic mass is 10.2. The van der Waals surface area contributed by atoms with Crippen molar-refractivity contribution in [3.05, 3.63) is 28.8 Å². The van der Waals surface area contributed by atoms with E-state index in [-0.39, 0.29) is 0 Å². The second kappa shape index (κ2) is 4.29. The zero-order chi connectivity index (χ0) is 12.4. The molecule has 0 fully saturated rings. The lowest BCUT2D eigenvalue weighted by Crippen LogP contribution is -2.05. The van der Waals surface area contributed by atoms with Gasteiger partial charge in [-0.3, -0.25) is 4.68 Å². The molecular formula is C11H13N5O. The molecule has 0 amide bonds. The van der Waals surface area contributed by atoms with Gasteiger partial charge >= 0.3 is 0 Å². The summed E-state index contributed by atoms with van der Waals surface area (Å²) in [5, 5.41) is 20.2. The Balaban J connectivity index is 2.17. The minimum Gasteiger partial charge on any atom is -0.363 e. The van der Waals surface area contributed by atoms with Gasteiger partial charge in [0.25, 0.3) is 0 Å². The van der Waals surface area contributed by atoms with Crippen molar-refractivity contribution in [1.29, 1.82) is 5.26 Å². The fourth-order valence-electron chi connectivity index (χ4n) is 1.67. The molecule has 0 saturated carbocycles. The molecule has 0 aromatic carbocycles. The maximum absolute atomic E-state index is 9.04. The predicted molar refractivity (Wildman–Crippen MR) is 61.2 cm³/mol. The van der Waals surface area contributed by atoms with Crippen LogP contribution < -0.4 is 5.32 Å².